The number of pyridine rings is 1. The summed E-state index contributed by atoms with van der Waals surface area (Å²) in [5.41, 5.74) is 0.582. The van der Waals surface area contributed by atoms with Crippen LogP contribution >= 0.6 is 0 Å². The van der Waals surface area contributed by atoms with Crippen molar-refractivity contribution >= 4 is 11.7 Å². The van der Waals surface area contributed by atoms with Crippen molar-refractivity contribution in [1.29, 1.82) is 5.26 Å². The summed E-state index contributed by atoms with van der Waals surface area (Å²) < 4.78 is 0. The molecule has 6 heteroatoms. The van der Waals surface area contributed by atoms with E-state index in [9.17, 15) is 4.79 Å². The lowest BCUT2D eigenvalue weighted by Gasteiger charge is -2.43. The Bertz CT molecular complexity index is 613. The highest BCUT2D eigenvalue weighted by Gasteiger charge is 2.35. The number of anilines is 1. The van der Waals surface area contributed by atoms with Crippen LogP contribution in [0, 0.1) is 11.3 Å². The molecule has 2 aliphatic heterocycles. The number of carbonyl (C=O) groups excluding carboxylic acids is 1. The van der Waals surface area contributed by atoms with Crippen molar-refractivity contribution in [2.24, 2.45) is 0 Å². The van der Waals surface area contributed by atoms with Crippen LogP contribution in [0.5, 0.6) is 0 Å². The van der Waals surface area contributed by atoms with Gasteiger partial charge in [-0.3, -0.25) is 9.69 Å². The maximum atomic E-state index is 12.7. The van der Waals surface area contributed by atoms with Crippen molar-refractivity contribution in [3.63, 3.8) is 0 Å². The summed E-state index contributed by atoms with van der Waals surface area (Å²) in [6.45, 7) is 8.56. The molecule has 2 aliphatic rings. The van der Waals surface area contributed by atoms with Crippen LogP contribution < -0.4 is 4.90 Å². The quantitative estimate of drug-likeness (QED) is 0.841. The van der Waals surface area contributed by atoms with Crippen LogP contribution in [0.4, 0.5) is 5.82 Å². The molecule has 1 atom stereocenters. The molecule has 0 aromatic carbocycles. The molecule has 24 heavy (non-hydrogen) atoms. The summed E-state index contributed by atoms with van der Waals surface area (Å²) in [6.07, 6.45) is 3.68. The Morgan fingerprint density at radius 3 is 2.54 bits per heavy atom. The zero-order chi connectivity index (χ0) is 17.1. The highest BCUT2D eigenvalue weighted by Crippen LogP contribution is 2.22. The molecular weight excluding hydrogens is 302 g/mol. The average Bonchev–Trinajstić information content (AvgIpc) is 2.62. The van der Waals surface area contributed by atoms with E-state index in [4.69, 9.17) is 5.26 Å². The number of hydrogen-bond donors (Lipinski definition) is 0. The van der Waals surface area contributed by atoms with Gasteiger partial charge in [0.05, 0.1) is 11.6 Å². The third-order valence-corrected chi connectivity index (χ3v) is 5.02. The summed E-state index contributed by atoms with van der Waals surface area (Å²) in [4.78, 5) is 23.7. The first-order valence-electron chi connectivity index (χ1n) is 8.76. The normalized spacial score (nSPS) is 22.8. The number of amides is 1. The molecule has 0 N–H and O–H groups in total. The first-order chi connectivity index (χ1) is 11.6. The van der Waals surface area contributed by atoms with Crippen LogP contribution in [0.1, 0.15) is 32.3 Å². The van der Waals surface area contributed by atoms with Crippen LogP contribution in [-0.4, -0.2) is 65.5 Å². The van der Waals surface area contributed by atoms with Gasteiger partial charge in [-0.1, -0.05) is 0 Å². The Kier molecular flexibility index (Phi) is 5.00. The topological polar surface area (TPSA) is 63.5 Å². The first kappa shape index (κ1) is 16.7. The van der Waals surface area contributed by atoms with Crippen molar-refractivity contribution in [1.82, 2.24) is 14.8 Å². The van der Waals surface area contributed by atoms with Crippen LogP contribution in [0.15, 0.2) is 18.3 Å². The molecule has 0 radical (unpaired) electrons. The summed E-state index contributed by atoms with van der Waals surface area (Å²) in [5.74, 6) is 1.20. The molecule has 3 heterocycles. The number of hydrogen-bond acceptors (Lipinski definition) is 5. The highest BCUT2D eigenvalue weighted by atomic mass is 16.2. The van der Waals surface area contributed by atoms with Gasteiger partial charge in [0.15, 0.2) is 0 Å². The van der Waals surface area contributed by atoms with Gasteiger partial charge < -0.3 is 9.80 Å². The van der Waals surface area contributed by atoms with Crippen molar-refractivity contribution < 1.29 is 4.79 Å². The van der Waals surface area contributed by atoms with Gasteiger partial charge in [0, 0.05) is 45.0 Å². The second-order valence-corrected chi connectivity index (χ2v) is 6.82. The van der Waals surface area contributed by atoms with E-state index >= 15 is 0 Å². The molecular formula is C18H25N5O. The lowest BCUT2D eigenvalue weighted by Crippen LogP contribution is -2.58. The van der Waals surface area contributed by atoms with Gasteiger partial charge in [-0.05, 0) is 38.8 Å². The van der Waals surface area contributed by atoms with Gasteiger partial charge in [-0.15, -0.1) is 0 Å². The molecule has 0 spiro atoms. The third-order valence-electron chi connectivity index (χ3n) is 5.02. The maximum Gasteiger partial charge on any atom is 0.240 e. The van der Waals surface area contributed by atoms with Gasteiger partial charge in [0.2, 0.25) is 5.91 Å². The number of rotatable bonds is 3. The summed E-state index contributed by atoms with van der Waals surface area (Å²) in [5, 5.41) is 8.86. The Labute approximate surface area is 143 Å². The lowest BCUT2D eigenvalue weighted by molar-refractivity contribution is -0.142. The molecule has 3 rings (SSSR count). The monoisotopic (exact) mass is 327 g/mol. The molecule has 0 bridgehead atoms. The number of likely N-dealkylation sites (tertiary alicyclic amines) is 1. The Balaban J connectivity index is 1.60. The summed E-state index contributed by atoms with van der Waals surface area (Å²) in [6, 6.07) is 6.12. The Morgan fingerprint density at radius 1 is 1.21 bits per heavy atom. The van der Waals surface area contributed by atoms with Gasteiger partial charge in [0.25, 0.3) is 0 Å². The Hall–Kier alpha value is -2.13. The third kappa shape index (κ3) is 3.36. The fourth-order valence-electron chi connectivity index (χ4n) is 3.63. The minimum Gasteiger partial charge on any atom is -0.354 e. The number of nitriles is 1. The summed E-state index contributed by atoms with van der Waals surface area (Å²) >= 11 is 0. The molecule has 0 aliphatic carbocycles. The standard InChI is InChI=1S/C18H25N5O/c1-14(2)23-7-3-4-16(18(23)24)21-8-10-22(11-9-21)17-6-5-15(12-19)13-20-17/h5-6,13-14,16H,3-4,7-11H2,1-2H3/t16-/m0/s1. The van der Waals surface area contributed by atoms with Crippen LogP contribution in [0.2, 0.25) is 0 Å². The fraction of sp³-hybridized carbons (Fsp3) is 0.611. The molecule has 0 saturated carbocycles. The second kappa shape index (κ2) is 7.18. The molecule has 128 valence electrons. The lowest BCUT2D eigenvalue weighted by atomic mass is 10.0. The average molecular weight is 327 g/mol. The smallest absolute Gasteiger partial charge is 0.240 e. The van der Waals surface area contributed by atoms with E-state index in [1.54, 1.807) is 12.3 Å². The Morgan fingerprint density at radius 2 is 1.96 bits per heavy atom. The number of piperidine rings is 1. The van der Waals surface area contributed by atoms with Crippen molar-refractivity contribution in [3.05, 3.63) is 23.9 Å². The second-order valence-electron chi connectivity index (χ2n) is 6.82. The summed E-state index contributed by atoms with van der Waals surface area (Å²) in [7, 11) is 0. The molecule has 2 saturated heterocycles. The molecule has 0 unspecified atom stereocenters. The molecule has 1 amide bonds. The van der Waals surface area contributed by atoms with Crippen LogP contribution in [0.3, 0.4) is 0 Å². The van der Waals surface area contributed by atoms with Gasteiger partial charge >= 0.3 is 0 Å². The van der Waals surface area contributed by atoms with Crippen molar-refractivity contribution in [2.75, 3.05) is 37.6 Å². The zero-order valence-electron chi connectivity index (χ0n) is 14.5. The van der Waals surface area contributed by atoms with Crippen molar-refractivity contribution in [2.45, 2.75) is 38.8 Å². The van der Waals surface area contributed by atoms with Crippen LogP contribution in [-0.2, 0) is 4.79 Å². The molecule has 1 aromatic rings. The predicted octanol–water partition coefficient (Wildman–Crippen LogP) is 1.47. The molecule has 2 fully saturated rings. The van der Waals surface area contributed by atoms with Crippen LogP contribution in [0.25, 0.3) is 0 Å². The maximum absolute atomic E-state index is 12.7. The number of aromatic nitrogens is 1. The number of carbonyl (C=O) groups is 1. The SMILES string of the molecule is CC(C)N1CCC[C@H](N2CCN(c3ccc(C#N)cn3)CC2)C1=O. The minimum absolute atomic E-state index is 0.0391. The molecule has 6 nitrogen and oxygen atoms in total. The van der Waals surface area contributed by atoms with Gasteiger partial charge in [-0.25, -0.2) is 4.98 Å². The van der Waals surface area contributed by atoms with Gasteiger partial charge in [0.1, 0.15) is 11.9 Å². The van der Waals surface area contributed by atoms with Crippen molar-refractivity contribution in [3.8, 4) is 6.07 Å². The highest BCUT2D eigenvalue weighted by molar-refractivity contribution is 5.83. The van der Waals surface area contributed by atoms with E-state index < -0.39 is 0 Å². The molecule has 1 aromatic heterocycles. The number of piperazine rings is 1. The van der Waals surface area contributed by atoms with E-state index in [-0.39, 0.29) is 12.1 Å². The first-order valence-corrected chi connectivity index (χ1v) is 8.76. The fourth-order valence-corrected chi connectivity index (χ4v) is 3.63. The van der Waals surface area contributed by atoms with E-state index in [2.05, 4.69) is 34.7 Å². The number of nitrogens with zero attached hydrogens (tertiary/aromatic N) is 5. The van der Waals surface area contributed by atoms with E-state index in [1.807, 2.05) is 11.0 Å². The van der Waals surface area contributed by atoms with E-state index in [0.717, 1.165) is 51.4 Å². The van der Waals surface area contributed by atoms with E-state index in [1.165, 1.54) is 0 Å². The largest absolute Gasteiger partial charge is 0.354 e. The zero-order valence-corrected chi connectivity index (χ0v) is 14.5. The van der Waals surface area contributed by atoms with Gasteiger partial charge in [-0.2, -0.15) is 5.26 Å². The minimum atomic E-state index is 0.0391. The van der Waals surface area contributed by atoms with E-state index in [0.29, 0.717) is 11.5 Å². The predicted molar refractivity (Wildman–Crippen MR) is 92.6 cm³/mol.